The van der Waals surface area contributed by atoms with Gasteiger partial charge in [0.1, 0.15) is 12.1 Å². The second-order valence-corrected chi connectivity index (χ2v) is 5.08. The third-order valence-corrected chi connectivity index (χ3v) is 3.86. The second kappa shape index (κ2) is 5.46. The van der Waals surface area contributed by atoms with E-state index < -0.39 is 24.0 Å². The van der Waals surface area contributed by atoms with E-state index in [-0.39, 0.29) is 6.03 Å². The lowest BCUT2D eigenvalue weighted by atomic mass is 10.0. The average molecular weight is 269 g/mol. The number of likely N-dealkylation sites (tertiary alicyclic amines) is 2. The molecule has 2 unspecified atom stereocenters. The van der Waals surface area contributed by atoms with Gasteiger partial charge in [-0.2, -0.15) is 0 Å². The van der Waals surface area contributed by atoms with Gasteiger partial charge >= 0.3 is 12.0 Å². The van der Waals surface area contributed by atoms with Gasteiger partial charge in [0.05, 0.1) is 0 Å². The first-order valence-electron chi connectivity index (χ1n) is 6.61. The molecule has 0 saturated carbocycles. The maximum Gasteiger partial charge on any atom is 0.326 e. The molecule has 106 valence electrons. The summed E-state index contributed by atoms with van der Waals surface area (Å²) < 4.78 is 0. The Morgan fingerprint density at radius 3 is 2.16 bits per heavy atom. The third-order valence-electron chi connectivity index (χ3n) is 3.86. The topological polar surface area (TPSA) is 104 Å². The maximum atomic E-state index is 12.4. The smallest absolute Gasteiger partial charge is 0.326 e. The molecule has 0 radical (unpaired) electrons. The predicted molar refractivity (Wildman–Crippen MR) is 66.3 cm³/mol. The number of urea groups is 1. The van der Waals surface area contributed by atoms with Crippen LogP contribution in [0, 0.1) is 0 Å². The number of amides is 3. The number of carbonyl (C=O) groups excluding carboxylic acids is 2. The largest absolute Gasteiger partial charge is 0.480 e. The molecular weight excluding hydrogens is 250 g/mol. The van der Waals surface area contributed by atoms with Gasteiger partial charge in [-0.05, 0) is 32.1 Å². The first-order chi connectivity index (χ1) is 9.02. The number of carboxylic acid groups (broad SMARTS) is 1. The molecule has 2 saturated heterocycles. The molecule has 3 amide bonds. The molecule has 7 nitrogen and oxygen atoms in total. The van der Waals surface area contributed by atoms with Gasteiger partial charge in [-0.15, -0.1) is 0 Å². The maximum absolute atomic E-state index is 12.4. The molecule has 3 N–H and O–H groups in total. The minimum atomic E-state index is -0.988. The van der Waals surface area contributed by atoms with Crippen LogP contribution in [-0.4, -0.2) is 58.0 Å². The number of rotatable bonds is 2. The van der Waals surface area contributed by atoms with Crippen LogP contribution in [0.15, 0.2) is 0 Å². The Hall–Kier alpha value is -1.79. The van der Waals surface area contributed by atoms with Crippen LogP contribution >= 0.6 is 0 Å². The van der Waals surface area contributed by atoms with E-state index in [1.54, 1.807) is 0 Å². The first-order valence-corrected chi connectivity index (χ1v) is 6.61. The molecule has 19 heavy (non-hydrogen) atoms. The lowest BCUT2D eigenvalue weighted by molar-refractivity contribution is -0.141. The van der Waals surface area contributed by atoms with Crippen molar-refractivity contribution >= 4 is 17.9 Å². The number of aliphatic carboxylic acids is 1. The summed E-state index contributed by atoms with van der Waals surface area (Å²) in [6, 6.07) is -1.74. The Balaban J connectivity index is 2.13. The number of hydrogen-bond acceptors (Lipinski definition) is 3. The van der Waals surface area contributed by atoms with Crippen LogP contribution in [0.2, 0.25) is 0 Å². The SMILES string of the molecule is NC(=O)C1CCCCN1C(=O)N1CCCC1C(=O)O. The molecule has 0 spiro atoms. The fraction of sp³-hybridized carbons (Fsp3) is 0.750. The molecule has 2 atom stereocenters. The highest BCUT2D eigenvalue weighted by molar-refractivity contribution is 5.88. The Bertz CT molecular complexity index is 398. The molecule has 2 aliphatic heterocycles. The van der Waals surface area contributed by atoms with Crippen molar-refractivity contribution in [1.82, 2.24) is 9.80 Å². The highest BCUT2D eigenvalue weighted by Crippen LogP contribution is 2.24. The first kappa shape index (κ1) is 13.6. The number of hydrogen-bond donors (Lipinski definition) is 2. The van der Waals surface area contributed by atoms with Gasteiger partial charge in [0, 0.05) is 13.1 Å². The molecule has 2 heterocycles. The molecule has 0 aliphatic carbocycles. The molecule has 0 aromatic carbocycles. The third kappa shape index (κ3) is 2.64. The predicted octanol–water partition coefficient (Wildman–Crippen LogP) is -0.00480. The van der Waals surface area contributed by atoms with Gasteiger partial charge in [-0.25, -0.2) is 9.59 Å². The number of nitrogens with two attached hydrogens (primary N) is 1. The Labute approximate surface area is 111 Å². The highest BCUT2D eigenvalue weighted by atomic mass is 16.4. The van der Waals surface area contributed by atoms with Gasteiger partial charge < -0.3 is 20.6 Å². The standard InChI is InChI=1S/C12H19N3O4/c13-10(16)8-4-1-2-6-14(8)12(19)15-7-3-5-9(15)11(17)18/h8-9H,1-7H2,(H2,13,16)(H,17,18). The monoisotopic (exact) mass is 269 g/mol. The van der Waals surface area contributed by atoms with E-state index in [1.807, 2.05) is 0 Å². The van der Waals surface area contributed by atoms with Crippen LogP contribution in [-0.2, 0) is 9.59 Å². The lowest BCUT2D eigenvalue weighted by Crippen LogP contribution is -2.56. The van der Waals surface area contributed by atoms with E-state index in [0.717, 1.165) is 12.8 Å². The Morgan fingerprint density at radius 2 is 1.53 bits per heavy atom. The second-order valence-electron chi connectivity index (χ2n) is 5.08. The molecular formula is C12H19N3O4. The fourth-order valence-electron chi connectivity index (χ4n) is 2.87. The van der Waals surface area contributed by atoms with E-state index in [4.69, 9.17) is 10.8 Å². The number of carbonyl (C=O) groups is 3. The van der Waals surface area contributed by atoms with Crippen molar-refractivity contribution in [3.05, 3.63) is 0 Å². The van der Waals surface area contributed by atoms with Crippen LogP contribution in [0.1, 0.15) is 32.1 Å². The van der Waals surface area contributed by atoms with Crippen LogP contribution in [0.3, 0.4) is 0 Å². The number of primary amides is 1. The van der Waals surface area contributed by atoms with Gasteiger partial charge in [0.15, 0.2) is 0 Å². The molecule has 2 fully saturated rings. The fourth-order valence-corrected chi connectivity index (χ4v) is 2.87. The lowest BCUT2D eigenvalue weighted by Gasteiger charge is -2.37. The van der Waals surface area contributed by atoms with Crippen molar-refractivity contribution in [2.75, 3.05) is 13.1 Å². The van der Waals surface area contributed by atoms with Crippen molar-refractivity contribution in [2.24, 2.45) is 5.73 Å². The van der Waals surface area contributed by atoms with Crippen molar-refractivity contribution in [1.29, 1.82) is 0 Å². The van der Waals surface area contributed by atoms with E-state index in [0.29, 0.717) is 32.4 Å². The molecule has 2 rings (SSSR count). The minimum absolute atomic E-state index is 0.367. The highest BCUT2D eigenvalue weighted by Gasteiger charge is 2.40. The summed E-state index contributed by atoms with van der Waals surface area (Å²) in [5.41, 5.74) is 5.32. The zero-order chi connectivity index (χ0) is 14.0. The van der Waals surface area contributed by atoms with Gasteiger partial charge in [-0.1, -0.05) is 0 Å². The molecule has 0 aromatic rings. The van der Waals surface area contributed by atoms with Gasteiger partial charge in [0.25, 0.3) is 0 Å². The van der Waals surface area contributed by atoms with E-state index in [1.165, 1.54) is 9.80 Å². The van der Waals surface area contributed by atoms with Crippen molar-refractivity contribution in [3.63, 3.8) is 0 Å². The van der Waals surface area contributed by atoms with Crippen molar-refractivity contribution in [3.8, 4) is 0 Å². The number of carboxylic acids is 1. The van der Waals surface area contributed by atoms with E-state index in [9.17, 15) is 14.4 Å². The summed E-state index contributed by atoms with van der Waals surface area (Å²) in [6.45, 7) is 0.896. The molecule has 7 heteroatoms. The van der Waals surface area contributed by atoms with Crippen LogP contribution < -0.4 is 5.73 Å². The summed E-state index contributed by atoms with van der Waals surface area (Å²) in [5, 5.41) is 9.10. The number of nitrogens with zero attached hydrogens (tertiary/aromatic N) is 2. The molecule has 0 bridgehead atoms. The minimum Gasteiger partial charge on any atom is -0.480 e. The van der Waals surface area contributed by atoms with E-state index >= 15 is 0 Å². The summed E-state index contributed by atoms with van der Waals surface area (Å²) in [6.07, 6.45) is 3.39. The average Bonchev–Trinajstić information content (AvgIpc) is 2.87. The van der Waals surface area contributed by atoms with Crippen LogP contribution in [0.4, 0.5) is 4.79 Å². The van der Waals surface area contributed by atoms with Crippen molar-refractivity contribution in [2.45, 2.75) is 44.2 Å². The molecule has 2 aliphatic rings. The summed E-state index contributed by atoms with van der Waals surface area (Å²) in [4.78, 5) is 37.7. The Kier molecular flexibility index (Phi) is 3.92. The van der Waals surface area contributed by atoms with Crippen LogP contribution in [0.5, 0.6) is 0 Å². The zero-order valence-corrected chi connectivity index (χ0v) is 10.7. The van der Waals surface area contributed by atoms with Crippen LogP contribution in [0.25, 0.3) is 0 Å². The summed E-state index contributed by atoms with van der Waals surface area (Å²) in [7, 11) is 0. The Morgan fingerprint density at radius 1 is 0.947 bits per heavy atom. The normalized spacial score (nSPS) is 27.4. The van der Waals surface area contributed by atoms with E-state index in [2.05, 4.69) is 0 Å². The summed E-state index contributed by atoms with van der Waals surface area (Å²) >= 11 is 0. The van der Waals surface area contributed by atoms with Crippen molar-refractivity contribution < 1.29 is 19.5 Å². The number of piperidine rings is 1. The quantitative estimate of drug-likeness (QED) is 0.736. The zero-order valence-electron chi connectivity index (χ0n) is 10.7. The molecule has 0 aromatic heterocycles. The summed E-state index contributed by atoms with van der Waals surface area (Å²) in [5.74, 6) is -1.50. The van der Waals surface area contributed by atoms with Gasteiger partial charge in [0.2, 0.25) is 5.91 Å². The van der Waals surface area contributed by atoms with Gasteiger partial charge in [-0.3, -0.25) is 4.79 Å².